The van der Waals surface area contributed by atoms with Crippen molar-refractivity contribution in [2.75, 3.05) is 6.54 Å². The summed E-state index contributed by atoms with van der Waals surface area (Å²) in [5.41, 5.74) is 1.62. The number of carboxylic acids is 1. The number of carboxylic acid groups (broad SMARTS) is 1. The lowest BCUT2D eigenvalue weighted by Gasteiger charge is -2.18. The molecule has 2 amide bonds. The molecule has 0 radical (unpaired) electrons. The van der Waals surface area contributed by atoms with Crippen molar-refractivity contribution in [1.29, 1.82) is 0 Å². The Kier molecular flexibility index (Phi) is 7.17. The van der Waals surface area contributed by atoms with Gasteiger partial charge in [-0.3, -0.25) is 4.79 Å². The number of carbonyl (C=O) groups is 3. The molecule has 0 fully saturated rings. The molecular formula is C19H19N2O5-. The first-order valence-corrected chi connectivity index (χ1v) is 8.03. The Morgan fingerprint density at radius 3 is 2.08 bits per heavy atom. The van der Waals surface area contributed by atoms with Gasteiger partial charge in [-0.2, -0.15) is 0 Å². The molecule has 2 rings (SSSR count). The van der Waals surface area contributed by atoms with Crippen molar-refractivity contribution in [2.24, 2.45) is 0 Å². The van der Waals surface area contributed by atoms with Crippen LogP contribution in [0.1, 0.15) is 11.1 Å². The highest BCUT2D eigenvalue weighted by atomic mass is 16.5. The fourth-order valence-corrected chi connectivity index (χ4v) is 2.25. The monoisotopic (exact) mass is 355 g/mol. The molecule has 7 nitrogen and oxygen atoms in total. The quantitative estimate of drug-likeness (QED) is 0.712. The predicted molar refractivity (Wildman–Crippen MR) is 91.7 cm³/mol. The van der Waals surface area contributed by atoms with E-state index in [-0.39, 0.29) is 13.0 Å². The van der Waals surface area contributed by atoms with E-state index < -0.39 is 30.6 Å². The summed E-state index contributed by atoms with van der Waals surface area (Å²) in [5.74, 6) is -2.04. The molecule has 1 atom stereocenters. The third kappa shape index (κ3) is 6.64. The number of ether oxygens (including phenoxy) is 1. The van der Waals surface area contributed by atoms with Crippen molar-refractivity contribution in [3.8, 4) is 0 Å². The van der Waals surface area contributed by atoms with Gasteiger partial charge in [0.1, 0.15) is 12.6 Å². The van der Waals surface area contributed by atoms with E-state index in [2.05, 4.69) is 10.6 Å². The molecule has 0 aliphatic rings. The number of amides is 2. The van der Waals surface area contributed by atoms with E-state index in [1.165, 1.54) is 0 Å². The molecule has 0 heterocycles. The molecule has 0 aliphatic heterocycles. The van der Waals surface area contributed by atoms with Crippen LogP contribution in [0.4, 0.5) is 4.79 Å². The number of alkyl carbamates (subject to hydrolysis) is 1. The molecule has 2 aromatic rings. The number of carbonyl (C=O) groups excluding carboxylic acids is 3. The van der Waals surface area contributed by atoms with E-state index in [9.17, 15) is 19.5 Å². The lowest BCUT2D eigenvalue weighted by atomic mass is 10.1. The Bertz CT molecular complexity index is 734. The molecular weight excluding hydrogens is 336 g/mol. The first-order valence-electron chi connectivity index (χ1n) is 8.03. The van der Waals surface area contributed by atoms with Crippen LogP contribution in [0.2, 0.25) is 0 Å². The molecule has 0 saturated carbocycles. The van der Waals surface area contributed by atoms with Crippen molar-refractivity contribution in [1.82, 2.24) is 10.6 Å². The summed E-state index contributed by atoms with van der Waals surface area (Å²) in [4.78, 5) is 34.7. The summed E-state index contributed by atoms with van der Waals surface area (Å²) >= 11 is 0. The van der Waals surface area contributed by atoms with Gasteiger partial charge in [0.15, 0.2) is 0 Å². The predicted octanol–water partition coefficient (Wildman–Crippen LogP) is 0.390. The maximum absolute atomic E-state index is 12.2. The zero-order valence-electron chi connectivity index (χ0n) is 14.0. The zero-order valence-corrected chi connectivity index (χ0v) is 14.0. The van der Waals surface area contributed by atoms with Crippen molar-refractivity contribution in [3.63, 3.8) is 0 Å². The molecule has 0 spiro atoms. The van der Waals surface area contributed by atoms with Crippen LogP contribution < -0.4 is 15.7 Å². The van der Waals surface area contributed by atoms with Crippen molar-refractivity contribution >= 4 is 18.0 Å². The van der Waals surface area contributed by atoms with Crippen molar-refractivity contribution in [2.45, 2.75) is 19.1 Å². The highest BCUT2D eigenvalue weighted by Crippen LogP contribution is 2.05. The van der Waals surface area contributed by atoms with Gasteiger partial charge in [0.2, 0.25) is 5.91 Å². The van der Waals surface area contributed by atoms with Crippen LogP contribution in [0.3, 0.4) is 0 Å². The van der Waals surface area contributed by atoms with Crippen LogP contribution in [0.15, 0.2) is 60.7 Å². The third-order valence-corrected chi connectivity index (χ3v) is 3.51. The Hall–Kier alpha value is -3.35. The van der Waals surface area contributed by atoms with E-state index in [0.29, 0.717) is 0 Å². The molecule has 136 valence electrons. The smallest absolute Gasteiger partial charge is 0.408 e. The van der Waals surface area contributed by atoms with E-state index in [4.69, 9.17) is 4.74 Å². The van der Waals surface area contributed by atoms with Gasteiger partial charge < -0.3 is 25.3 Å². The third-order valence-electron chi connectivity index (χ3n) is 3.51. The maximum Gasteiger partial charge on any atom is 0.408 e. The fourth-order valence-electron chi connectivity index (χ4n) is 2.25. The second-order valence-electron chi connectivity index (χ2n) is 5.54. The summed E-state index contributed by atoms with van der Waals surface area (Å²) in [5, 5.41) is 15.2. The number of hydrogen-bond donors (Lipinski definition) is 2. The minimum absolute atomic E-state index is 0.0609. The van der Waals surface area contributed by atoms with Crippen molar-refractivity contribution in [3.05, 3.63) is 71.8 Å². The maximum atomic E-state index is 12.2. The van der Waals surface area contributed by atoms with Crippen LogP contribution in [-0.2, 0) is 27.4 Å². The summed E-state index contributed by atoms with van der Waals surface area (Å²) < 4.78 is 5.11. The average Bonchev–Trinajstić information content (AvgIpc) is 2.65. The normalized spacial score (nSPS) is 11.2. The lowest BCUT2D eigenvalue weighted by Crippen LogP contribution is -2.50. The zero-order chi connectivity index (χ0) is 18.8. The minimum Gasteiger partial charge on any atom is -0.548 e. The van der Waals surface area contributed by atoms with Gasteiger partial charge in [0, 0.05) is 6.42 Å². The Morgan fingerprint density at radius 2 is 1.50 bits per heavy atom. The average molecular weight is 355 g/mol. The van der Waals surface area contributed by atoms with Gasteiger partial charge in [-0.25, -0.2) is 4.79 Å². The molecule has 0 bridgehead atoms. The molecule has 0 aliphatic carbocycles. The fraction of sp³-hybridized carbons (Fsp3) is 0.211. The topological polar surface area (TPSA) is 108 Å². The lowest BCUT2D eigenvalue weighted by molar-refractivity contribution is -0.304. The van der Waals surface area contributed by atoms with Crippen LogP contribution in [0, 0.1) is 0 Å². The summed E-state index contributed by atoms with van der Waals surface area (Å²) in [6, 6.07) is 17.2. The van der Waals surface area contributed by atoms with Crippen LogP contribution in [0.25, 0.3) is 0 Å². The highest BCUT2D eigenvalue weighted by Gasteiger charge is 2.21. The van der Waals surface area contributed by atoms with Crippen LogP contribution in [0.5, 0.6) is 0 Å². The number of hydrogen-bond acceptors (Lipinski definition) is 5. The molecule has 7 heteroatoms. The second kappa shape index (κ2) is 9.83. The molecule has 2 N–H and O–H groups in total. The standard InChI is InChI=1S/C19H20N2O5/c22-17(23)12-20-18(24)16(11-14-7-3-1-4-8-14)21-19(25)26-13-15-9-5-2-6-10-15/h1-10,16H,11-13H2,(H,20,24)(H,21,25)(H,22,23)/p-1. The SMILES string of the molecule is O=C([O-])CNC(=O)C(Cc1ccccc1)NC(=O)OCc1ccccc1. The molecule has 2 aromatic carbocycles. The highest BCUT2D eigenvalue weighted by molar-refractivity contribution is 5.88. The first-order chi connectivity index (χ1) is 12.5. The number of aliphatic carboxylic acids is 1. The van der Waals surface area contributed by atoms with Crippen LogP contribution in [-0.4, -0.2) is 30.6 Å². The Morgan fingerprint density at radius 1 is 0.923 bits per heavy atom. The summed E-state index contributed by atoms with van der Waals surface area (Å²) in [6.45, 7) is -0.573. The largest absolute Gasteiger partial charge is 0.548 e. The van der Waals surface area contributed by atoms with Gasteiger partial charge in [-0.15, -0.1) is 0 Å². The Balaban J connectivity index is 1.96. The van der Waals surface area contributed by atoms with Gasteiger partial charge in [0.25, 0.3) is 0 Å². The van der Waals surface area contributed by atoms with E-state index >= 15 is 0 Å². The molecule has 1 unspecified atom stereocenters. The van der Waals surface area contributed by atoms with Gasteiger partial charge in [-0.05, 0) is 11.1 Å². The second-order valence-corrected chi connectivity index (χ2v) is 5.54. The van der Waals surface area contributed by atoms with Gasteiger partial charge >= 0.3 is 6.09 Å². The Labute approximate surface area is 151 Å². The summed E-state index contributed by atoms with van der Waals surface area (Å²) in [7, 11) is 0. The van der Waals surface area contributed by atoms with Gasteiger partial charge in [-0.1, -0.05) is 60.7 Å². The van der Waals surface area contributed by atoms with Crippen molar-refractivity contribution < 1.29 is 24.2 Å². The van der Waals surface area contributed by atoms with Gasteiger partial charge in [0.05, 0.1) is 12.5 Å². The molecule has 26 heavy (non-hydrogen) atoms. The molecule has 0 aromatic heterocycles. The number of benzene rings is 2. The first kappa shape index (κ1) is 19.0. The number of nitrogens with one attached hydrogen (secondary N) is 2. The minimum atomic E-state index is -1.41. The van der Waals surface area contributed by atoms with E-state index in [0.717, 1.165) is 11.1 Å². The summed E-state index contributed by atoms with van der Waals surface area (Å²) in [6.07, 6.45) is -0.571. The van der Waals surface area contributed by atoms with E-state index in [1.807, 2.05) is 24.3 Å². The number of rotatable bonds is 8. The van der Waals surface area contributed by atoms with Crippen LogP contribution >= 0.6 is 0 Å². The van der Waals surface area contributed by atoms with E-state index in [1.54, 1.807) is 36.4 Å². The molecule has 0 saturated heterocycles.